The summed E-state index contributed by atoms with van der Waals surface area (Å²) in [5.41, 5.74) is 0. The summed E-state index contributed by atoms with van der Waals surface area (Å²) in [6, 6.07) is 0.183. The molecule has 94 valence electrons. The van der Waals surface area contributed by atoms with Gasteiger partial charge < -0.3 is 5.32 Å². The maximum Gasteiger partial charge on any atom is 0.214 e. The molecule has 1 N–H and O–H groups in total. The molecular weight excluding hydrogens is 224 g/mol. The number of nitrogens with zero attached hydrogens (tertiary/aromatic N) is 1. The van der Waals surface area contributed by atoms with E-state index >= 15 is 0 Å². The molecule has 0 aromatic heterocycles. The van der Waals surface area contributed by atoms with Crippen molar-refractivity contribution in [2.45, 2.75) is 38.1 Å². The van der Waals surface area contributed by atoms with Crippen LogP contribution in [-0.2, 0) is 10.0 Å². The highest BCUT2D eigenvalue weighted by atomic mass is 32.2. The second-order valence-electron chi connectivity index (χ2n) is 5.04. The summed E-state index contributed by atoms with van der Waals surface area (Å²) in [6.45, 7) is 1.51. The molecule has 2 rings (SSSR count). The van der Waals surface area contributed by atoms with Crippen LogP contribution in [0.2, 0.25) is 0 Å². The molecule has 2 fully saturated rings. The van der Waals surface area contributed by atoms with Gasteiger partial charge >= 0.3 is 0 Å². The van der Waals surface area contributed by atoms with E-state index in [4.69, 9.17) is 0 Å². The zero-order valence-electron chi connectivity index (χ0n) is 9.98. The SMILES string of the molecule is CNCC1CCCCN1S(=O)(=O)CC1CC1. The number of nitrogens with one attached hydrogen (secondary N) is 1. The van der Waals surface area contributed by atoms with Crippen molar-refractivity contribution in [3.63, 3.8) is 0 Å². The summed E-state index contributed by atoms with van der Waals surface area (Å²) in [5, 5.41) is 3.10. The predicted octanol–water partition coefficient (Wildman–Crippen LogP) is 0.800. The molecule has 0 amide bonds. The van der Waals surface area contributed by atoms with Crippen LogP contribution >= 0.6 is 0 Å². The van der Waals surface area contributed by atoms with Crippen molar-refractivity contribution in [2.24, 2.45) is 5.92 Å². The van der Waals surface area contributed by atoms with Crippen molar-refractivity contribution in [3.05, 3.63) is 0 Å². The zero-order chi connectivity index (χ0) is 11.6. The number of sulfonamides is 1. The summed E-state index contributed by atoms with van der Waals surface area (Å²) in [4.78, 5) is 0. The quantitative estimate of drug-likeness (QED) is 0.780. The Labute approximate surface area is 98.4 Å². The first-order chi connectivity index (χ1) is 7.63. The van der Waals surface area contributed by atoms with Crippen molar-refractivity contribution >= 4 is 10.0 Å². The summed E-state index contributed by atoms with van der Waals surface area (Å²) in [5.74, 6) is 0.829. The van der Waals surface area contributed by atoms with Gasteiger partial charge in [0.15, 0.2) is 0 Å². The van der Waals surface area contributed by atoms with Gasteiger partial charge in [-0.05, 0) is 38.6 Å². The van der Waals surface area contributed by atoms with Crippen molar-refractivity contribution in [3.8, 4) is 0 Å². The van der Waals surface area contributed by atoms with Crippen molar-refractivity contribution in [2.75, 3.05) is 25.9 Å². The van der Waals surface area contributed by atoms with Gasteiger partial charge in [-0.1, -0.05) is 6.42 Å². The Morgan fingerprint density at radius 1 is 1.25 bits per heavy atom. The van der Waals surface area contributed by atoms with Gasteiger partial charge in [-0.25, -0.2) is 8.42 Å². The van der Waals surface area contributed by atoms with E-state index in [-0.39, 0.29) is 6.04 Å². The molecule has 16 heavy (non-hydrogen) atoms. The Kier molecular flexibility index (Phi) is 3.87. The minimum Gasteiger partial charge on any atom is -0.318 e. The maximum absolute atomic E-state index is 12.2. The van der Waals surface area contributed by atoms with Crippen molar-refractivity contribution in [1.29, 1.82) is 0 Å². The molecule has 0 bridgehead atoms. The van der Waals surface area contributed by atoms with Gasteiger partial charge in [0, 0.05) is 19.1 Å². The molecular formula is C11H22N2O2S. The van der Waals surface area contributed by atoms with Crippen molar-refractivity contribution < 1.29 is 8.42 Å². The Hall–Kier alpha value is -0.130. The molecule has 5 heteroatoms. The summed E-state index contributed by atoms with van der Waals surface area (Å²) in [6.07, 6.45) is 5.38. The third-order valence-corrected chi connectivity index (χ3v) is 5.60. The molecule has 1 unspecified atom stereocenters. The first-order valence-electron chi connectivity index (χ1n) is 6.27. The Morgan fingerprint density at radius 2 is 2.00 bits per heavy atom. The predicted molar refractivity (Wildman–Crippen MR) is 64.8 cm³/mol. The lowest BCUT2D eigenvalue weighted by Gasteiger charge is -2.34. The molecule has 2 aliphatic rings. The van der Waals surface area contributed by atoms with Gasteiger partial charge in [0.2, 0.25) is 10.0 Å². The van der Waals surface area contributed by atoms with Gasteiger partial charge in [0.05, 0.1) is 5.75 Å². The Bertz CT molecular complexity index is 323. The third kappa shape index (κ3) is 2.96. The lowest BCUT2D eigenvalue weighted by molar-refractivity contribution is 0.248. The first-order valence-corrected chi connectivity index (χ1v) is 7.88. The number of hydrogen-bond donors (Lipinski definition) is 1. The molecule has 1 saturated heterocycles. The molecule has 1 saturated carbocycles. The van der Waals surface area contributed by atoms with E-state index in [9.17, 15) is 8.42 Å². The fraction of sp³-hybridized carbons (Fsp3) is 1.00. The van der Waals surface area contributed by atoms with Crippen LogP contribution in [-0.4, -0.2) is 44.7 Å². The molecule has 1 aliphatic heterocycles. The first kappa shape index (κ1) is 12.3. The molecule has 1 atom stereocenters. The molecule has 1 aliphatic carbocycles. The lowest BCUT2D eigenvalue weighted by atomic mass is 10.1. The van der Waals surface area contributed by atoms with Crippen LogP contribution in [0.4, 0.5) is 0 Å². The van der Waals surface area contributed by atoms with Crippen LogP contribution in [0.5, 0.6) is 0 Å². The average molecular weight is 246 g/mol. The summed E-state index contributed by atoms with van der Waals surface area (Å²) in [7, 11) is -1.11. The minimum atomic E-state index is -3.00. The second kappa shape index (κ2) is 5.02. The number of likely N-dealkylation sites (N-methyl/N-ethyl adjacent to an activating group) is 1. The monoisotopic (exact) mass is 246 g/mol. The van der Waals surface area contributed by atoms with E-state index < -0.39 is 10.0 Å². The van der Waals surface area contributed by atoms with Gasteiger partial charge in [0.1, 0.15) is 0 Å². The topological polar surface area (TPSA) is 49.4 Å². The summed E-state index contributed by atoms with van der Waals surface area (Å²) < 4.78 is 26.2. The molecule has 0 radical (unpaired) electrons. The second-order valence-corrected chi connectivity index (χ2v) is 7.01. The highest BCUT2D eigenvalue weighted by Gasteiger charge is 2.36. The van der Waals surface area contributed by atoms with Crippen LogP contribution in [0.25, 0.3) is 0 Å². The van der Waals surface area contributed by atoms with E-state index in [1.165, 1.54) is 0 Å². The molecule has 0 aromatic carbocycles. The van der Waals surface area contributed by atoms with Crippen LogP contribution in [0.3, 0.4) is 0 Å². The normalized spacial score (nSPS) is 28.2. The van der Waals surface area contributed by atoms with E-state index in [1.54, 1.807) is 4.31 Å². The smallest absolute Gasteiger partial charge is 0.214 e. The van der Waals surface area contributed by atoms with E-state index in [1.807, 2.05) is 7.05 Å². The van der Waals surface area contributed by atoms with E-state index in [0.29, 0.717) is 11.7 Å². The van der Waals surface area contributed by atoms with Crippen molar-refractivity contribution in [1.82, 2.24) is 9.62 Å². The fourth-order valence-electron chi connectivity index (χ4n) is 2.46. The largest absolute Gasteiger partial charge is 0.318 e. The molecule has 4 nitrogen and oxygen atoms in total. The van der Waals surface area contributed by atoms with Crippen LogP contribution in [0.1, 0.15) is 32.1 Å². The van der Waals surface area contributed by atoms with Gasteiger partial charge in [-0.3, -0.25) is 0 Å². The molecule has 0 aromatic rings. The fourth-order valence-corrected chi connectivity index (χ4v) is 4.62. The average Bonchev–Trinajstić information content (AvgIpc) is 3.02. The highest BCUT2D eigenvalue weighted by molar-refractivity contribution is 7.89. The van der Waals surface area contributed by atoms with E-state index in [2.05, 4.69) is 5.32 Å². The standard InChI is InChI=1S/C11H22N2O2S/c1-12-8-11-4-2-3-7-13(11)16(14,15)9-10-5-6-10/h10-12H,2-9H2,1H3. The van der Waals surface area contributed by atoms with Crippen LogP contribution in [0.15, 0.2) is 0 Å². The number of piperidine rings is 1. The Morgan fingerprint density at radius 3 is 2.62 bits per heavy atom. The van der Waals surface area contributed by atoms with Crippen LogP contribution < -0.4 is 5.32 Å². The van der Waals surface area contributed by atoms with E-state index in [0.717, 1.165) is 45.2 Å². The van der Waals surface area contributed by atoms with Gasteiger partial charge in [0.25, 0.3) is 0 Å². The minimum absolute atomic E-state index is 0.183. The third-order valence-electron chi connectivity index (χ3n) is 3.51. The lowest BCUT2D eigenvalue weighted by Crippen LogP contribution is -2.48. The number of hydrogen-bond acceptors (Lipinski definition) is 3. The summed E-state index contributed by atoms with van der Waals surface area (Å²) >= 11 is 0. The molecule has 0 spiro atoms. The highest BCUT2D eigenvalue weighted by Crippen LogP contribution is 2.32. The van der Waals surface area contributed by atoms with Gasteiger partial charge in [-0.15, -0.1) is 0 Å². The van der Waals surface area contributed by atoms with Crippen LogP contribution in [0, 0.1) is 5.92 Å². The van der Waals surface area contributed by atoms with Gasteiger partial charge in [-0.2, -0.15) is 4.31 Å². The maximum atomic E-state index is 12.2. The number of rotatable bonds is 5. The Balaban J connectivity index is 2.02. The zero-order valence-corrected chi connectivity index (χ0v) is 10.8. The molecule has 1 heterocycles.